The summed E-state index contributed by atoms with van der Waals surface area (Å²) in [5.41, 5.74) is 4.05. The topological polar surface area (TPSA) is 129 Å². The molecule has 5 rings (SSSR count). The number of rotatable bonds is 6. The Hall–Kier alpha value is -4.00. The highest BCUT2D eigenvalue weighted by Gasteiger charge is 2.28. The van der Waals surface area contributed by atoms with Gasteiger partial charge in [-0.1, -0.05) is 6.92 Å². The first-order valence-corrected chi connectivity index (χ1v) is 11.8. The number of hydrazine groups is 1. The second-order valence-electron chi connectivity index (χ2n) is 8.68. The van der Waals surface area contributed by atoms with Crippen LogP contribution >= 0.6 is 0 Å². The van der Waals surface area contributed by atoms with E-state index in [1.807, 2.05) is 17.9 Å². The molecule has 12 nitrogen and oxygen atoms in total. The van der Waals surface area contributed by atoms with E-state index in [2.05, 4.69) is 25.6 Å². The smallest absolute Gasteiger partial charge is 0.428 e. The molecule has 3 amide bonds. The first kappa shape index (κ1) is 23.7. The van der Waals surface area contributed by atoms with E-state index in [4.69, 9.17) is 9.47 Å². The summed E-state index contributed by atoms with van der Waals surface area (Å²) in [7, 11) is 0. The van der Waals surface area contributed by atoms with E-state index >= 15 is 0 Å². The molecule has 0 radical (unpaired) electrons. The van der Waals surface area contributed by atoms with Crippen LogP contribution in [0.3, 0.4) is 0 Å². The van der Waals surface area contributed by atoms with Crippen LogP contribution in [0.4, 0.5) is 20.6 Å². The minimum Gasteiger partial charge on any atom is -0.463 e. The molecule has 2 N–H and O–H groups in total. The van der Waals surface area contributed by atoms with Crippen molar-refractivity contribution in [3.8, 4) is 5.88 Å². The van der Waals surface area contributed by atoms with E-state index in [1.54, 1.807) is 6.20 Å². The third-order valence-corrected chi connectivity index (χ3v) is 6.26. The van der Waals surface area contributed by atoms with Crippen molar-refractivity contribution >= 4 is 29.3 Å². The number of cyclic esters (lactones) is 1. The SMILES string of the molecule is CCC1Oc2ncc(CN3CCN(c4ccc(C(=O)NN5CCOC5=O)nc4F)CC3)cc2NC1=O. The molecule has 2 saturated heterocycles. The van der Waals surface area contributed by atoms with Crippen molar-refractivity contribution in [2.45, 2.75) is 26.0 Å². The summed E-state index contributed by atoms with van der Waals surface area (Å²) in [6.45, 7) is 5.40. The first-order chi connectivity index (χ1) is 17.4. The number of carbonyl (C=O) groups is 3. The molecule has 0 bridgehead atoms. The number of aromatic nitrogens is 2. The van der Waals surface area contributed by atoms with Crippen molar-refractivity contribution in [1.29, 1.82) is 0 Å². The van der Waals surface area contributed by atoms with Gasteiger partial charge in [-0.05, 0) is 30.2 Å². The van der Waals surface area contributed by atoms with Gasteiger partial charge in [0.05, 0.1) is 12.2 Å². The van der Waals surface area contributed by atoms with Crippen LogP contribution in [0.5, 0.6) is 5.88 Å². The fourth-order valence-corrected chi connectivity index (χ4v) is 4.30. The van der Waals surface area contributed by atoms with Gasteiger partial charge in [0.25, 0.3) is 11.8 Å². The molecule has 36 heavy (non-hydrogen) atoms. The maximum absolute atomic E-state index is 14.8. The van der Waals surface area contributed by atoms with E-state index < -0.39 is 24.1 Å². The average Bonchev–Trinajstić information content (AvgIpc) is 3.28. The number of anilines is 2. The predicted molar refractivity (Wildman–Crippen MR) is 125 cm³/mol. The lowest BCUT2D eigenvalue weighted by atomic mass is 10.1. The standard InChI is InChI=1S/C23H26FN7O5/c1-2-18-21(33)27-16-11-14(12-25-22(16)36-18)13-29-5-7-30(8-6-29)17-4-3-15(26-19(17)24)20(32)28-31-9-10-35-23(31)34/h3-4,11-12,18H,2,5-10,13H2,1H3,(H,27,33)(H,28,32). The van der Waals surface area contributed by atoms with Crippen molar-refractivity contribution in [1.82, 2.24) is 25.3 Å². The van der Waals surface area contributed by atoms with Crippen LogP contribution < -0.4 is 20.4 Å². The van der Waals surface area contributed by atoms with Crippen molar-refractivity contribution in [3.63, 3.8) is 0 Å². The lowest BCUT2D eigenvalue weighted by Gasteiger charge is -2.36. The Labute approximate surface area is 206 Å². The second kappa shape index (κ2) is 9.93. The van der Waals surface area contributed by atoms with Gasteiger partial charge < -0.3 is 19.7 Å². The number of nitrogens with one attached hydrogen (secondary N) is 2. The molecule has 0 aromatic carbocycles. The van der Waals surface area contributed by atoms with Crippen LogP contribution in [0.2, 0.25) is 0 Å². The van der Waals surface area contributed by atoms with Gasteiger partial charge in [-0.3, -0.25) is 19.9 Å². The zero-order valence-electron chi connectivity index (χ0n) is 19.7. The number of piperazine rings is 1. The summed E-state index contributed by atoms with van der Waals surface area (Å²) >= 11 is 0. The summed E-state index contributed by atoms with van der Waals surface area (Å²) in [4.78, 5) is 48.1. The molecule has 0 aliphatic carbocycles. The Bertz CT molecular complexity index is 1190. The normalized spacial score (nSPS) is 19.9. The summed E-state index contributed by atoms with van der Waals surface area (Å²) in [6.07, 6.45) is 1.13. The molecule has 1 unspecified atom stereocenters. The number of ether oxygens (including phenoxy) is 2. The van der Waals surface area contributed by atoms with Crippen LogP contribution in [-0.4, -0.2) is 83.2 Å². The van der Waals surface area contributed by atoms with E-state index in [-0.39, 0.29) is 24.8 Å². The Kier molecular flexibility index (Phi) is 6.55. The molecule has 2 aromatic rings. The molecule has 0 spiro atoms. The summed E-state index contributed by atoms with van der Waals surface area (Å²) < 4.78 is 25.2. The molecule has 190 valence electrons. The summed E-state index contributed by atoms with van der Waals surface area (Å²) in [6, 6.07) is 4.82. The monoisotopic (exact) mass is 499 g/mol. The molecule has 1 atom stereocenters. The van der Waals surface area contributed by atoms with Gasteiger partial charge in [0.2, 0.25) is 11.8 Å². The number of fused-ring (bicyclic) bond motifs is 1. The number of pyridine rings is 2. The van der Waals surface area contributed by atoms with Gasteiger partial charge in [-0.2, -0.15) is 4.39 Å². The molecule has 2 fully saturated rings. The Balaban J connectivity index is 1.16. The summed E-state index contributed by atoms with van der Waals surface area (Å²) in [5, 5.41) is 3.88. The predicted octanol–water partition coefficient (Wildman–Crippen LogP) is 1.14. The maximum atomic E-state index is 14.8. The number of hydrogen-bond donors (Lipinski definition) is 2. The molecule has 5 heterocycles. The van der Waals surface area contributed by atoms with Gasteiger partial charge in [-0.15, -0.1) is 0 Å². The maximum Gasteiger partial charge on any atom is 0.428 e. The fraction of sp³-hybridized carbons (Fsp3) is 0.435. The minimum atomic E-state index is -0.750. The van der Waals surface area contributed by atoms with Crippen LogP contribution in [0.15, 0.2) is 24.4 Å². The lowest BCUT2D eigenvalue weighted by molar-refractivity contribution is -0.123. The Morgan fingerprint density at radius 3 is 2.72 bits per heavy atom. The Morgan fingerprint density at radius 1 is 1.22 bits per heavy atom. The van der Waals surface area contributed by atoms with E-state index in [9.17, 15) is 18.8 Å². The van der Waals surface area contributed by atoms with Crippen LogP contribution in [-0.2, 0) is 16.1 Å². The first-order valence-electron chi connectivity index (χ1n) is 11.8. The van der Waals surface area contributed by atoms with Crippen LogP contribution in [0.25, 0.3) is 0 Å². The van der Waals surface area contributed by atoms with Crippen molar-refractivity contribution in [2.75, 3.05) is 49.5 Å². The molecule has 3 aliphatic heterocycles. The third-order valence-electron chi connectivity index (χ3n) is 6.26. The number of hydrogen-bond acceptors (Lipinski definition) is 9. The second-order valence-corrected chi connectivity index (χ2v) is 8.68. The van der Waals surface area contributed by atoms with Gasteiger partial charge in [0.1, 0.15) is 18.0 Å². The van der Waals surface area contributed by atoms with Gasteiger partial charge in [-0.25, -0.2) is 19.8 Å². The lowest BCUT2D eigenvalue weighted by Crippen LogP contribution is -2.46. The number of halogens is 1. The highest BCUT2D eigenvalue weighted by molar-refractivity contribution is 5.97. The van der Waals surface area contributed by atoms with Crippen molar-refractivity contribution < 1.29 is 28.2 Å². The fourth-order valence-electron chi connectivity index (χ4n) is 4.30. The average molecular weight is 500 g/mol. The van der Waals surface area contributed by atoms with Gasteiger partial charge in [0, 0.05) is 38.9 Å². The summed E-state index contributed by atoms with van der Waals surface area (Å²) in [5.74, 6) is -1.18. The molecular weight excluding hydrogens is 473 g/mol. The molecule has 3 aliphatic rings. The molecule has 2 aromatic heterocycles. The quantitative estimate of drug-likeness (QED) is 0.562. The van der Waals surface area contributed by atoms with Crippen LogP contribution in [0, 0.1) is 5.95 Å². The number of carbonyl (C=O) groups excluding carboxylic acids is 3. The van der Waals surface area contributed by atoms with Gasteiger partial charge in [0.15, 0.2) is 6.10 Å². The van der Waals surface area contributed by atoms with E-state index in [0.29, 0.717) is 56.4 Å². The van der Waals surface area contributed by atoms with Crippen molar-refractivity contribution in [3.05, 3.63) is 41.6 Å². The minimum absolute atomic E-state index is 0.129. The molecular formula is C23H26FN7O5. The van der Waals surface area contributed by atoms with E-state index in [1.165, 1.54) is 12.1 Å². The molecule has 0 saturated carbocycles. The zero-order chi connectivity index (χ0) is 25.2. The zero-order valence-corrected chi connectivity index (χ0v) is 19.7. The highest BCUT2D eigenvalue weighted by atomic mass is 19.1. The number of nitrogens with zero attached hydrogens (tertiary/aromatic N) is 5. The van der Waals surface area contributed by atoms with E-state index in [0.717, 1.165) is 10.6 Å². The largest absolute Gasteiger partial charge is 0.463 e. The number of amides is 3. The van der Waals surface area contributed by atoms with Gasteiger partial charge >= 0.3 is 6.09 Å². The molecule has 13 heteroatoms. The Morgan fingerprint density at radius 2 is 2.03 bits per heavy atom. The highest BCUT2D eigenvalue weighted by Crippen LogP contribution is 2.29. The third kappa shape index (κ3) is 4.87. The van der Waals surface area contributed by atoms with Crippen molar-refractivity contribution in [2.24, 2.45) is 0 Å². The van der Waals surface area contributed by atoms with Crippen LogP contribution in [0.1, 0.15) is 29.4 Å².